The number of benzene rings is 1. The van der Waals surface area contributed by atoms with E-state index in [1.807, 2.05) is 0 Å². The van der Waals surface area contributed by atoms with E-state index in [9.17, 15) is 13.2 Å². The number of carbonyl (C=O) groups is 1. The molecule has 82 valence electrons. The SMILES string of the molecule is CS(=O)(=O)c1cccc(CCC(=O)O)c1. The summed E-state index contributed by atoms with van der Waals surface area (Å²) in [6, 6.07) is 6.35. The minimum atomic E-state index is -3.21. The van der Waals surface area contributed by atoms with E-state index in [4.69, 9.17) is 5.11 Å². The van der Waals surface area contributed by atoms with Crippen LogP contribution in [0.2, 0.25) is 0 Å². The molecule has 0 aliphatic heterocycles. The highest BCUT2D eigenvalue weighted by molar-refractivity contribution is 7.90. The fraction of sp³-hybridized carbons (Fsp3) is 0.300. The van der Waals surface area contributed by atoms with E-state index >= 15 is 0 Å². The zero-order chi connectivity index (χ0) is 11.5. The quantitative estimate of drug-likeness (QED) is 0.837. The molecule has 0 fully saturated rings. The van der Waals surface area contributed by atoms with Crippen LogP contribution in [0, 0.1) is 0 Å². The second kappa shape index (κ2) is 4.44. The maximum absolute atomic E-state index is 11.2. The first-order valence-electron chi connectivity index (χ1n) is 4.40. The summed E-state index contributed by atoms with van der Waals surface area (Å²) in [4.78, 5) is 10.6. The van der Waals surface area contributed by atoms with Crippen molar-refractivity contribution < 1.29 is 18.3 Å². The molecule has 0 spiro atoms. The van der Waals surface area contributed by atoms with E-state index in [1.165, 1.54) is 12.1 Å². The lowest BCUT2D eigenvalue weighted by atomic mass is 10.1. The minimum absolute atomic E-state index is 0.00716. The van der Waals surface area contributed by atoms with Crippen LogP contribution in [0.15, 0.2) is 29.2 Å². The van der Waals surface area contributed by atoms with Crippen molar-refractivity contribution in [1.82, 2.24) is 0 Å². The molecule has 0 radical (unpaired) electrons. The second-order valence-corrected chi connectivity index (χ2v) is 5.33. The molecule has 0 aliphatic rings. The van der Waals surface area contributed by atoms with Gasteiger partial charge in [0.25, 0.3) is 0 Å². The van der Waals surface area contributed by atoms with E-state index in [2.05, 4.69) is 0 Å². The Morgan fingerprint density at radius 2 is 2.07 bits per heavy atom. The normalized spacial score (nSPS) is 11.3. The number of carboxylic acid groups (broad SMARTS) is 1. The summed E-state index contributed by atoms with van der Waals surface area (Å²) >= 11 is 0. The summed E-state index contributed by atoms with van der Waals surface area (Å²) in [6.45, 7) is 0. The maximum Gasteiger partial charge on any atom is 0.303 e. The molecule has 0 atom stereocenters. The molecule has 1 aromatic carbocycles. The minimum Gasteiger partial charge on any atom is -0.481 e. The third-order valence-electron chi connectivity index (χ3n) is 1.95. The number of sulfone groups is 1. The number of carboxylic acids is 1. The average Bonchev–Trinajstić information content (AvgIpc) is 2.14. The van der Waals surface area contributed by atoms with E-state index in [1.54, 1.807) is 12.1 Å². The van der Waals surface area contributed by atoms with Crippen LogP contribution in [-0.4, -0.2) is 25.7 Å². The molecule has 1 rings (SSSR count). The van der Waals surface area contributed by atoms with Crippen LogP contribution in [0.5, 0.6) is 0 Å². The third-order valence-corrected chi connectivity index (χ3v) is 3.06. The van der Waals surface area contributed by atoms with Crippen LogP contribution in [0.25, 0.3) is 0 Å². The van der Waals surface area contributed by atoms with Gasteiger partial charge in [-0.2, -0.15) is 0 Å². The van der Waals surface area contributed by atoms with Gasteiger partial charge in [-0.15, -0.1) is 0 Å². The Labute approximate surface area is 88.5 Å². The molecule has 5 heteroatoms. The molecular weight excluding hydrogens is 216 g/mol. The lowest BCUT2D eigenvalue weighted by Gasteiger charge is -2.02. The molecule has 0 unspecified atom stereocenters. The van der Waals surface area contributed by atoms with E-state index in [0.29, 0.717) is 6.42 Å². The predicted octanol–water partition coefficient (Wildman–Crippen LogP) is 1.11. The lowest BCUT2D eigenvalue weighted by molar-refractivity contribution is -0.136. The molecule has 0 saturated heterocycles. The highest BCUT2D eigenvalue weighted by Gasteiger charge is 2.07. The van der Waals surface area contributed by atoms with Gasteiger partial charge in [0.05, 0.1) is 4.90 Å². The monoisotopic (exact) mass is 228 g/mol. The summed E-state index contributed by atoms with van der Waals surface area (Å²) in [6.07, 6.45) is 1.48. The maximum atomic E-state index is 11.2. The molecule has 1 aromatic rings. The highest BCUT2D eigenvalue weighted by atomic mass is 32.2. The molecule has 0 heterocycles. The predicted molar refractivity (Wildman–Crippen MR) is 55.5 cm³/mol. The van der Waals surface area contributed by atoms with Crippen LogP contribution in [-0.2, 0) is 21.1 Å². The summed E-state index contributed by atoms with van der Waals surface area (Å²) < 4.78 is 22.4. The van der Waals surface area contributed by atoms with E-state index in [-0.39, 0.29) is 11.3 Å². The van der Waals surface area contributed by atoms with Gasteiger partial charge in [0.2, 0.25) is 0 Å². The Kier molecular flexibility index (Phi) is 3.47. The smallest absolute Gasteiger partial charge is 0.303 e. The van der Waals surface area contributed by atoms with Gasteiger partial charge in [-0.1, -0.05) is 12.1 Å². The van der Waals surface area contributed by atoms with Crippen molar-refractivity contribution >= 4 is 15.8 Å². The topological polar surface area (TPSA) is 71.4 Å². The van der Waals surface area contributed by atoms with Crippen LogP contribution in [0.4, 0.5) is 0 Å². The van der Waals surface area contributed by atoms with Gasteiger partial charge in [-0.05, 0) is 24.1 Å². The Morgan fingerprint density at radius 3 is 2.60 bits per heavy atom. The van der Waals surface area contributed by atoms with Crippen LogP contribution < -0.4 is 0 Å². The van der Waals surface area contributed by atoms with Crippen molar-refractivity contribution in [2.75, 3.05) is 6.26 Å². The lowest BCUT2D eigenvalue weighted by Crippen LogP contribution is -2.00. The van der Waals surface area contributed by atoms with Gasteiger partial charge in [0.1, 0.15) is 0 Å². The van der Waals surface area contributed by atoms with Gasteiger partial charge in [0.15, 0.2) is 9.84 Å². The largest absolute Gasteiger partial charge is 0.481 e. The molecule has 0 amide bonds. The molecule has 0 aromatic heterocycles. The highest BCUT2D eigenvalue weighted by Crippen LogP contribution is 2.12. The summed E-state index contributed by atoms with van der Waals surface area (Å²) in [5.41, 5.74) is 0.723. The van der Waals surface area contributed by atoms with Gasteiger partial charge in [0, 0.05) is 12.7 Å². The first kappa shape index (κ1) is 11.7. The first-order valence-corrected chi connectivity index (χ1v) is 6.29. The van der Waals surface area contributed by atoms with Crippen molar-refractivity contribution in [3.05, 3.63) is 29.8 Å². The van der Waals surface area contributed by atoms with Crippen molar-refractivity contribution in [1.29, 1.82) is 0 Å². The average molecular weight is 228 g/mol. The Balaban J connectivity index is 2.89. The van der Waals surface area contributed by atoms with Crippen molar-refractivity contribution in [2.24, 2.45) is 0 Å². The van der Waals surface area contributed by atoms with Gasteiger partial charge in [-0.3, -0.25) is 4.79 Å². The molecule has 1 N–H and O–H groups in total. The number of aryl methyl sites for hydroxylation is 1. The fourth-order valence-electron chi connectivity index (χ4n) is 1.18. The molecule has 4 nitrogen and oxygen atoms in total. The molecule has 0 saturated carbocycles. The van der Waals surface area contributed by atoms with Gasteiger partial charge in [-0.25, -0.2) is 8.42 Å². The zero-order valence-corrected chi connectivity index (χ0v) is 9.12. The van der Waals surface area contributed by atoms with E-state index in [0.717, 1.165) is 11.8 Å². The molecule has 0 aliphatic carbocycles. The van der Waals surface area contributed by atoms with Crippen molar-refractivity contribution in [2.45, 2.75) is 17.7 Å². The summed E-state index contributed by atoms with van der Waals surface area (Å²) in [7, 11) is -3.21. The molecular formula is C10H12O4S. The number of hydrogen-bond donors (Lipinski definition) is 1. The van der Waals surface area contributed by atoms with Gasteiger partial charge >= 0.3 is 5.97 Å². The summed E-state index contributed by atoms with van der Waals surface area (Å²) in [5.74, 6) is -0.889. The number of hydrogen-bond acceptors (Lipinski definition) is 3. The fourth-order valence-corrected chi connectivity index (χ4v) is 1.87. The van der Waals surface area contributed by atoms with Crippen LogP contribution in [0.3, 0.4) is 0 Å². The van der Waals surface area contributed by atoms with E-state index < -0.39 is 15.8 Å². The third kappa shape index (κ3) is 3.71. The first-order chi connectivity index (χ1) is 6.89. The molecule has 15 heavy (non-hydrogen) atoms. The Hall–Kier alpha value is -1.36. The standard InChI is InChI=1S/C10H12O4S/c1-15(13,14)9-4-2-3-8(7-9)5-6-10(11)12/h2-4,7H,5-6H2,1H3,(H,11,12). The van der Waals surface area contributed by atoms with Crippen molar-refractivity contribution in [3.63, 3.8) is 0 Å². The zero-order valence-electron chi connectivity index (χ0n) is 8.30. The number of aliphatic carboxylic acids is 1. The Bertz CT molecular complexity index is 462. The summed E-state index contributed by atoms with van der Waals surface area (Å²) in [5, 5.41) is 8.49. The van der Waals surface area contributed by atoms with Crippen LogP contribution in [0.1, 0.15) is 12.0 Å². The number of rotatable bonds is 4. The van der Waals surface area contributed by atoms with Crippen LogP contribution >= 0.6 is 0 Å². The van der Waals surface area contributed by atoms with Crippen molar-refractivity contribution in [3.8, 4) is 0 Å². The van der Waals surface area contributed by atoms with Gasteiger partial charge < -0.3 is 5.11 Å². The molecule has 0 bridgehead atoms. The second-order valence-electron chi connectivity index (χ2n) is 3.31. The Morgan fingerprint density at radius 1 is 1.40 bits per heavy atom.